The second-order valence-electron chi connectivity index (χ2n) is 5.85. The number of carbonyl (C=O) groups excluding carboxylic acids is 1. The third-order valence-electron chi connectivity index (χ3n) is 4.22. The van der Waals surface area contributed by atoms with E-state index in [-0.39, 0.29) is 5.78 Å². The fourth-order valence-corrected chi connectivity index (χ4v) is 3.01. The van der Waals surface area contributed by atoms with Gasteiger partial charge >= 0.3 is 0 Å². The minimum atomic E-state index is 0.120. The largest absolute Gasteiger partial charge is 0.338 e. The van der Waals surface area contributed by atoms with E-state index in [0.717, 1.165) is 29.8 Å². The molecule has 2 heterocycles. The van der Waals surface area contributed by atoms with E-state index in [2.05, 4.69) is 20.4 Å². The monoisotopic (exact) mass is 319 g/mol. The number of rotatable bonds is 3. The predicted octanol–water partition coefficient (Wildman–Crippen LogP) is 3.23. The van der Waals surface area contributed by atoms with Crippen LogP contribution in [0, 0.1) is 6.92 Å². The first-order valence-corrected chi connectivity index (χ1v) is 7.99. The summed E-state index contributed by atoms with van der Waals surface area (Å²) in [5.74, 6) is 1.19. The first kappa shape index (κ1) is 14.6. The number of hydrogen-bond acceptors (Lipinski definition) is 5. The molecule has 3 aromatic rings. The minimum Gasteiger partial charge on any atom is -0.338 e. The molecule has 0 unspecified atom stereocenters. The van der Waals surface area contributed by atoms with Gasteiger partial charge in [-0.05, 0) is 37.5 Å². The number of anilines is 2. The van der Waals surface area contributed by atoms with E-state index in [0.29, 0.717) is 23.8 Å². The summed E-state index contributed by atoms with van der Waals surface area (Å²) in [6.07, 6.45) is 5.53. The normalized spacial score (nSPS) is 13.6. The van der Waals surface area contributed by atoms with Crippen LogP contribution < -0.4 is 5.32 Å². The van der Waals surface area contributed by atoms with Gasteiger partial charge in [0.05, 0.1) is 11.3 Å². The number of carbonyl (C=O) groups is 1. The highest BCUT2D eigenvalue weighted by atomic mass is 16.1. The van der Waals surface area contributed by atoms with Crippen molar-refractivity contribution in [3.8, 4) is 5.95 Å². The van der Waals surface area contributed by atoms with Gasteiger partial charge in [0.25, 0.3) is 5.95 Å². The molecule has 0 atom stereocenters. The van der Waals surface area contributed by atoms with Crippen LogP contribution in [0.25, 0.3) is 5.95 Å². The molecule has 1 aromatic carbocycles. The molecule has 0 spiro atoms. The van der Waals surface area contributed by atoms with Crippen molar-refractivity contribution in [2.45, 2.75) is 26.2 Å². The molecule has 2 aromatic heterocycles. The molecule has 0 amide bonds. The van der Waals surface area contributed by atoms with Gasteiger partial charge in [-0.2, -0.15) is 0 Å². The molecule has 6 heteroatoms. The van der Waals surface area contributed by atoms with Gasteiger partial charge in [-0.3, -0.25) is 4.79 Å². The number of aromatic nitrogens is 4. The van der Waals surface area contributed by atoms with Crippen LogP contribution in [-0.4, -0.2) is 25.5 Å². The Morgan fingerprint density at radius 1 is 1.08 bits per heavy atom. The van der Waals surface area contributed by atoms with Crippen LogP contribution in [0.5, 0.6) is 0 Å². The molecule has 24 heavy (non-hydrogen) atoms. The van der Waals surface area contributed by atoms with Gasteiger partial charge < -0.3 is 5.32 Å². The molecule has 120 valence electrons. The number of ketones is 1. The molecule has 6 nitrogen and oxygen atoms in total. The molecule has 0 saturated heterocycles. The van der Waals surface area contributed by atoms with Crippen LogP contribution in [0.15, 0.2) is 42.7 Å². The Morgan fingerprint density at radius 3 is 2.67 bits per heavy atom. The smallest absolute Gasteiger partial charge is 0.250 e. The number of para-hydroxylation sites is 1. The number of Topliss-reactive ketones (excluding diaryl/α,β-unsaturated/α-hetero) is 1. The van der Waals surface area contributed by atoms with E-state index >= 15 is 0 Å². The zero-order valence-corrected chi connectivity index (χ0v) is 13.4. The van der Waals surface area contributed by atoms with Crippen LogP contribution in [0.1, 0.15) is 34.5 Å². The molecule has 1 aliphatic rings. The SMILES string of the molecule is Cc1ccccc1Nc1nn(-c2ncccn2)c2c1C(=O)CCC2. The number of fused-ring (bicyclic) bond motifs is 1. The summed E-state index contributed by atoms with van der Waals surface area (Å²) in [5, 5.41) is 7.92. The van der Waals surface area contributed by atoms with Gasteiger partial charge in [0.2, 0.25) is 0 Å². The quantitative estimate of drug-likeness (QED) is 0.802. The third-order valence-corrected chi connectivity index (χ3v) is 4.22. The molecule has 0 bridgehead atoms. The lowest BCUT2D eigenvalue weighted by atomic mass is 9.96. The Labute approximate surface area is 139 Å². The molecule has 0 radical (unpaired) electrons. The molecule has 1 aliphatic carbocycles. The first-order valence-electron chi connectivity index (χ1n) is 7.99. The Balaban J connectivity index is 1.84. The average Bonchev–Trinajstić information content (AvgIpc) is 2.98. The summed E-state index contributed by atoms with van der Waals surface area (Å²) >= 11 is 0. The van der Waals surface area contributed by atoms with Crippen molar-refractivity contribution in [3.63, 3.8) is 0 Å². The Hall–Kier alpha value is -3.02. The van der Waals surface area contributed by atoms with Crippen LogP contribution in [0.3, 0.4) is 0 Å². The Kier molecular flexibility index (Phi) is 3.57. The summed E-state index contributed by atoms with van der Waals surface area (Å²) in [4.78, 5) is 21.0. The van der Waals surface area contributed by atoms with Crippen molar-refractivity contribution in [1.82, 2.24) is 19.7 Å². The molecule has 0 fully saturated rings. The first-order chi connectivity index (χ1) is 11.7. The molecule has 0 saturated carbocycles. The van der Waals surface area contributed by atoms with Crippen molar-refractivity contribution in [2.75, 3.05) is 5.32 Å². The van der Waals surface area contributed by atoms with Gasteiger partial charge in [-0.25, -0.2) is 14.6 Å². The number of nitrogens with one attached hydrogen (secondary N) is 1. The summed E-state index contributed by atoms with van der Waals surface area (Å²) in [6.45, 7) is 2.02. The van der Waals surface area contributed by atoms with Crippen molar-refractivity contribution in [3.05, 3.63) is 59.5 Å². The van der Waals surface area contributed by atoms with Crippen LogP contribution >= 0.6 is 0 Å². The highest BCUT2D eigenvalue weighted by Gasteiger charge is 2.28. The summed E-state index contributed by atoms with van der Waals surface area (Å²) in [5.41, 5.74) is 3.59. The second kappa shape index (κ2) is 5.88. The zero-order chi connectivity index (χ0) is 16.5. The van der Waals surface area contributed by atoms with E-state index in [1.54, 1.807) is 23.1 Å². The van der Waals surface area contributed by atoms with E-state index in [9.17, 15) is 4.79 Å². The van der Waals surface area contributed by atoms with Crippen molar-refractivity contribution in [1.29, 1.82) is 0 Å². The number of aryl methyl sites for hydroxylation is 1. The summed E-state index contributed by atoms with van der Waals surface area (Å²) in [6, 6.07) is 9.70. The van der Waals surface area contributed by atoms with Crippen LogP contribution in [0.2, 0.25) is 0 Å². The lowest BCUT2D eigenvalue weighted by Gasteiger charge is -2.13. The van der Waals surface area contributed by atoms with Gasteiger partial charge in [-0.1, -0.05) is 18.2 Å². The summed E-state index contributed by atoms with van der Waals surface area (Å²) < 4.78 is 1.69. The number of hydrogen-bond donors (Lipinski definition) is 1. The fraction of sp³-hybridized carbons (Fsp3) is 0.222. The topological polar surface area (TPSA) is 72.7 Å². The number of nitrogens with zero attached hydrogens (tertiary/aromatic N) is 4. The van der Waals surface area contributed by atoms with Gasteiger partial charge in [0.15, 0.2) is 11.6 Å². The van der Waals surface area contributed by atoms with Crippen molar-refractivity contribution >= 4 is 17.3 Å². The maximum Gasteiger partial charge on any atom is 0.250 e. The Morgan fingerprint density at radius 2 is 1.88 bits per heavy atom. The molecule has 4 rings (SSSR count). The van der Waals surface area contributed by atoms with E-state index in [4.69, 9.17) is 0 Å². The van der Waals surface area contributed by atoms with Gasteiger partial charge in [0, 0.05) is 24.5 Å². The van der Waals surface area contributed by atoms with Gasteiger partial charge in [0.1, 0.15) is 0 Å². The minimum absolute atomic E-state index is 0.120. The van der Waals surface area contributed by atoms with Crippen molar-refractivity contribution in [2.24, 2.45) is 0 Å². The van der Waals surface area contributed by atoms with Gasteiger partial charge in [-0.15, -0.1) is 5.10 Å². The van der Waals surface area contributed by atoms with E-state index in [1.165, 1.54) is 0 Å². The molecular weight excluding hydrogens is 302 g/mol. The third kappa shape index (κ3) is 2.46. The highest BCUT2D eigenvalue weighted by molar-refractivity contribution is 6.03. The maximum atomic E-state index is 12.5. The standard InChI is InChI=1S/C18H17N5O/c1-12-6-2-3-7-13(12)21-17-16-14(8-4-9-15(16)24)23(22-17)18-19-10-5-11-20-18/h2-3,5-7,10-11H,4,8-9H2,1H3,(H,21,22). The van der Waals surface area contributed by atoms with Crippen LogP contribution in [-0.2, 0) is 6.42 Å². The fourth-order valence-electron chi connectivity index (χ4n) is 3.01. The number of benzene rings is 1. The average molecular weight is 319 g/mol. The lowest BCUT2D eigenvalue weighted by Crippen LogP contribution is -2.14. The second-order valence-corrected chi connectivity index (χ2v) is 5.85. The van der Waals surface area contributed by atoms with E-state index < -0.39 is 0 Å². The highest BCUT2D eigenvalue weighted by Crippen LogP contribution is 2.31. The molecular formula is C18H17N5O. The Bertz CT molecular complexity index is 901. The molecule has 1 N–H and O–H groups in total. The molecule has 0 aliphatic heterocycles. The van der Waals surface area contributed by atoms with Crippen molar-refractivity contribution < 1.29 is 4.79 Å². The van der Waals surface area contributed by atoms with E-state index in [1.807, 2.05) is 31.2 Å². The van der Waals surface area contributed by atoms with Crippen LogP contribution in [0.4, 0.5) is 11.5 Å². The lowest BCUT2D eigenvalue weighted by molar-refractivity contribution is 0.0973. The zero-order valence-electron chi connectivity index (χ0n) is 13.4. The predicted molar refractivity (Wildman–Crippen MR) is 90.9 cm³/mol. The summed E-state index contributed by atoms with van der Waals surface area (Å²) in [7, 11) is 0. The maximum absolute atomic E-state index is 12.5.